The standard InChI is InChI=1S/C11H19N/c1-6-8-9-10(3)11(4)12(5)7-2/h6,8-9H,4,7H2,1-3,5H3/b8-6-,10-9+. The summed E-state index contributed by atoms with van der Waals surface area (Å²) in [6.45, 7) is 11.2. The van der Waals surface area contributed by atoms with Crippen LogP contribution in [0.1, 0.15) is 20.8 Å². The summed E-state index contributed by atoms with van der Waals surface area (Å²) in [6, 6.07) is 0. The van der Waals surface area contributed by atoms with Crippen LogP contribution in [0.4, 0.5) is 0 Å². The smallest absolute Gasteiger partial charge is 0.0320 e. The molecule has 0 atom stereocenters. The van der Waals surface area contributed by atoms with Gasteiger partial charge in [0.1, 0.15) is 0 Å². The summed E-state index contributed by atoms with van der Waals surface area (Å²) < 4.78 is 0. The molecule has 0 aliphatic rings. The number of hydrogen-bond donors (Lipinski definition) is 0. The maximum absolute atomic E-state index is 4.00. The molecule has 0 heterocycles. The molecule has 0 aromatic heterocycles. The molecule has 0 radical (unpaired) electrons. The van der Waals surface area contributed by atoms with Crippen LogP contribution in [0.15, 0.2) is 36.1 Å². The van der Waals surface area contributed by atoms with E-state index in [2.05, 4.69) is 38.5 Å². The molecule has 0 N–H and O–H groups in total. The second-order valence-electron chi connectivity index (χ2n) is 2.84. The molecule has 0 aromatic rings. The SMILES string of the molecule is C=C(/C(C)=C/C=C\C)N(C)CC. The Morgan fingerprint density at radius 3 is 2.50 bits per heavy atom. The van der Waals surface area contributed by atoms with Crippen LogP contribution in [0.5, 0.6) is 0 Å². The highest BCUT2D eigenvalue weighted by Crippen LogP contribution is 2.09. The van der Waals surface area contributed by atoms with Crippen LogP contribution >= 0.6 is 0 Å². The number of hydrogen-bond acceptors (Lipinski definition) is 1. The van der Waals surface area contributed by atoms with Gasteiger partial charge in [-0.1, -0.05) is 24.8 Å². The first kappa shape index (κ1) is 11.0. The fraction of sp³-hybridized carbons (Fsp3) is 0.455. The first-order valence-electron chi connectivity index (χ1n) is 4.33. The molecule has 0 amide bonds. The zero-order chi connectivity index (χ0) is 9.56. The molecule has 0 aromatic carbocycles. The molecule has 0 spiro atoms. The van der Waals surface area contributed by atoms with E-state index in [1.165, 1.54) is 5.57 Å². The third-order valence-electron chi connectivity index (χ3n) is 1.93. The van der Waals surface area contributed by atoms with E-state index in [0.29, 0.717) is 0 Å². The highest BCUT2D eigenvalue weighted by molar-refractivity contribution is 5.28. The van der Waals surface area contributed by atoms with Gasteiger partial charge in [-0.15, -0.1) is 0 Å². The molecule has 1 heteroatoms. The highest BCUT2D eigenvalue weighted by Gasteiger charge is 1.99. The van der Waals surface area contributed by atoms with Gasteiger partial charge in [0.05, 0.1) is 0 Å². The van der Waals surface area contributed by atoms with Crippen molar-refractivity contribution in [2.75, 3.05) is 13.6 Å². The lowest BCUT2D eigenvalue weighted by Crippen LogP contribution is -2.16. The van der Waals surface area contributed by atoms with Gasteiger partial charge < -0.3 is 4.90 Å². The lowest BCUT2D eigenvalue weighted by Gasteiger charge is -2.19. The van der Waals surface area contributed by atoms with Crippen molar-refractivity contribution in [1.82, 2.24) is 4.90 Å². The van der Waals surface area contributed by atoms with E-state index in [1.807, 2.05) is 19.1 Å². The molecule has 0 aliphatic carbocycles. The lowest BCUT2D eigenvalue weighted by atomic mass is 10.2. The second-order valence-corrected chi connectivity index (χ2v) is 2.84. The summed E-state index contributed by atoms with van der Waals surface area (Å²) in [5.41, 5.74) is 2.31. The maximum Gasteiger partial charge on any atom is 0.0320 e. The number of allylic oxidation sites excluding steroid dienone is 4. The van der Waals surface area contributed by atoms with Gasteiger partial charge in [0.2, 0.25) is 0 Å². The number of nitrogens with zero attached hydrogens (tertiary/aromatic N) is 1. The van der Waals surface area contributed by atoms with Crippen molar-refractivity contribution in [3.63, 3.8) is 0 Å². The number of likely N-dealkylation sites (N-methyl/N-ethyl adjacent to an activating group) is 1. The average molecular weight is 165 g/mol. The molecule has 0 bridgehead atoms. The summed E-state index contributed by atoms with van der Waals surface area (Å²) in [4.78, 5) is 2.13. The molecular formula is C11H19N. The Morgan fingerprint density at radius 1 is 1.50 bits per heavy atom. The Balaban J connectivity index is 4.28. The van der Waals surface area contributed by atoms with E-state index >= 15 is 0 Å². The van der Waals surface area contributed by atoms with Crippen LogP contribution in [0.3, 0.4) is 0 Å². The summed E-state index contributed by atoms with van der Waals surface area (Å²) in [5.74, 6) is 0. The summed E-state index contributed by atoms with van der Waals surface area (Å²) in [7, 11) is 2.05. The highest BCUT2D eigenvalue weighted by atomic mass is 15.1. The van der Waals surface area contributed by atoms with Crippen LogP contribution in [-0.4, -0.2) is 18.5 Å². The van der Waals surface area contributed by atoms with Gasteiger partial charge in [-0.2, -0.15) is 0 Å². The normalized spacial score (nSPS) is 12.2. The van der Waals surface area contributed by atoms with Crippen molar-refractivity contribution < 1.29 is 0 Å². The van der Waals surface area contributed by atoms with Crippen LogP contribution in [0.2, 0.25) is 0 Å². The van der Waals surface area contributed by atoms with Gasteiger partial charge >= 0.3 is 0 Å². The van der Waals surface area contributed by atoms with Crippen molar-refractivity contribution >= 4 is 0 Å². The fourth-order valence-corrected chi connectivity index (χ4v) is 0.829. The molecule has 68 valence electrons. The van der Waals surface area contributed by atoms with Gasteiger partial charge in [0, 0.05) is 19.3 Å². The van der Waals surface area contributed by atoms with Crippen molar-refractivity contribution in [3.05, 3.63) is 36.1 Å². The zero-order valence-corrected chi connectivity index (χ0v) is 8.59. The molecule has 0 fully saturated rings. The van der Waals surface area contributed by atoms with E-state index in [1.54, 1.807) is 0 Å². The first-order valence-corrected chi connectivity index (χ1v) is 4.33. The molecular weight excluding hydrogens is 146 g/mol. The Morgan fingerprint density at radius 2 is 2.08 bits per heavy atom. The van der Waals surface area contributed by atoms with Crippen LogP contribution in [0.25, 0.3) is 0 Å². The molecule has 0 unspecified atom stereocenters. The van der Waals surface area contributed by atoms with Crippen LogP contribution < -0.4 is 0 Å². The second kappa shape index (κ2) is 5.64. The van der Waals surface area contributed by atoms with E-state index in [-0.39, 0.29) is 0 Å². The number of rotatable bonds is 4. The minimum atomic E-state index is 1.000. The molecule has 0 rings (SSSR count). The van der Waals surface area contributed by atoms with Crippen LogP contribution in [-0.2, 0) is 0 Å². The van der Waals surface area contributed by atoms with Crippen molar-refractivity contribution in [2.45, 2.75) is 20.8 Å². The summed E-state index contributed by atoms with van der Waals surface area (Å²) in [5, 5.41) is 0. The molecule has 0 saturated carbocycles. The summed E-state index contributed by atoms with van der Waals surface area (Å²) >= 11 is 0. The lowest BCUT2D eigenvalue weighted by molar-refractivity contribution is 0.452. The predicted molar refractivity (Wildman–Crippen MR) is 56.0 cm³/mol. The van der Waals surface area contributed by atoms with Gasteiger partial charge in [-0.3, -0.25) is 0 Å². The fourth-order valence-electron chi connectivity index (χ4n) is 0.829. The Kier molecular flexibility index (Phi) is 5.18. The maximum atomic E-state index is 4.00. The minimum Gasteiger partial charge on any atom is -0.375 e. The van der Waals surface area contributed by atoms with E-state index in [0.717, 1.165) is 12.2 Å². The molecule has 12 heavy (non-hydrogen) atoms. The van der Waals surface area contributed by atoms with Crippen molar-refractivity contribution in [3.8, 4) is 0 Å². The Bertz CT molecular complexity index is 199. The van der Waals surface area contributed by atoms with Gasteiger partial charge in [0.15, 0.2) is 0 Å². The van der Waals surface area contributed by atoms with Gasteiger partial charge in [0.25, 0.3) is 0 Å². The summed E-state index contributed by atoms with van der Waals surface area (Å²) in [6.07, 6.45) is 6.13. The van der Waals surface area contributed by atoms with E-state index < -0.39 is 0 Å². The average Bonchev–Trinajstić information content (AvgIpc) is 2.11. The first-order chi connectivity index (χ1) is 5.63. The zero-order valence-electron chi connectivity index (χ0n) is 8.59. The predicted octanol–water partition coefficient (Wildman–Crippen LogP) is 2.97. The Hall–Kier alpha value is -0.980. The van der Waals surface area contributed by atoms with Crippen LogP contribution in [0, 0.1) is 0 Å². The minimum absolute atomic E-state index is 1.000. The van der Waals surface area contributed by atoms with Crippen molar-refractivity contribution in [1.29, 1.82) is 0 Å². The van der Waals surface area contributed by atoms with E-state index in [4.69, 9.17) is 0 Å². The topological polar surface area (TPSA) is 3.24 Å². The molecule has 0 saturated heterocycles. The van der Waals surface area contributed by atoms with Gasteiger partial charge in [-0.25, -0.2) is 0 Å². The molecule has 0 aliphatic heterocycles. The van der Waals surface area contributed by atoms with Crippen molar-refractivity contribution in [2.24, 2.45) is 0 Å². The third kappa shape index (κ3) is 3.42. The third-order valence-corrected chi connectivity index (χ3v) is 1.93. The largest absolute Gasteiger partial charge is 0.375 e. The quantitative estimate of drug-likeness (QED) is 0.579. The van der Waals surface area contributed by atoms with E-state index in [9.17, 15) is 0 Å². The Labute approximate surface area is 76.1 Å². The monoisotopic (exact) mass is 165 g/mol. The molecule has 1 nitrogen and oxygen atoms in total. The van der Waals surface area contributed by atoms with Gasteiger partial charge in [-0.05, 0) is 26.3 Å².